The molecule has 0 unspecified atom stereocenters. The Hall–Kier alpha value is -2.55. The topological polar surface area (TPSA) is 0 Å². The van der Waals surface area contributed by atoms with Crippen molar-refractivity contribution < 1.29 is 35.1 Å². The minimum atomic E-state index is -4.54. The third-order valence-electron chi connectivity index (χ3n) is 17.1. The first kappa shape index (κ1) is 76.6. The first-order valence-electron chi connectivity index (χ1n) is 47.1. The average molecular weight is 1430 g/mol. The van der Waals surface area contributed by atoms with Crippen molar-refractivity contribution in [3.05, 3.63) is 105 Å². The molecule has 2 saturated carbocycles. The van der Waals surface area contributed by atoms with Crippen LogP contribution in [0.5, 0.6) is 0 Å². The fourth-order valence-corrected chi connectivity index (χ4v) is 12.4. The lowest BCUT2D eigenvalue weighted by atomic mass is 9.71. The molecule has 0 atom stereocenters. The molecule has 596 valence electrons. The lowest BCUT2D eigenvalue weighted by Gasteiger charge is -2.34. The fraction of sp³-hybridized carbons (Fsp3) is 0.816. The van der Waals surface area contributed by atoms with E-state index in [0.717, 1.165) is 45.1 Å². The molecule has 0 nitrogen and oxygen atoms in total. The normalized spacial score (nSPS) is 18.9. The summed E-state index contributed by atoms with van der Waals surface area (Å²) in [6.07, 6.45) is 1.80. The van der Waals surface area contributed by atoms with Crippen LogP contribution in [0.25, 0.3) is 0 Å². The quantitative estimate of drug-likeness (QED) is 0.231. The van der Waals surface area contributed by atoms with Crippen LogP contribution in [0.1, 0.15) is 492 Å². The molecule has 2 fully saturated rings. The predicted octanol–water partition coefficient (Wildman–Crippen LogP) is 34.8. The van der Waals surface area contributed by atoms with Gasteiger partial charge in [-0.1, -0.05) is 418 Å². The molecule has 3 aromatic rings. The van der Waals surface area contributed by atoms with E-state index in [4.69, 9.17) is 21.9 Å². The average Bonchev–Trinajstić information content (AvgIpc) is 1.08. The van der Waals surface area contributed by atoms with Crippen LogP contribution >= 0.6 is 0 Å². The number of halogens is 3. The minimum Gasteiger partial charge on any atom is -0.171 e. The van der Waals surface area contributed by atoms with Gasteiger partial charge in [-0.25, -0.2) is 0 Å². The highest BCUT2D eigenvalue weighted by Crippen LogP contribution is 2.46. The number of hydrogen-bond donors (Lipinski definition) is 0. The van der Waals surface area contributed by atoms with Gasteiger partial charge in [0.25, 0.3) is 0 Å². The van der Waals surface area contributed by atoms with E-state index < -0.39 is 67.0 Å². The van der Waals surface area contributed by atoms with Crippen LogP contribution in [0.4, 0.5) is 13.2 Å². The van der Waals surface area contributed by atoms with Crippen molar-refractivity contribution in [3.63, 3.8) is 0 Å². The van der Waals surface area contributed by atoms with Crippen LogP contribution in [0, 0.1) is 66.9 Å². The Morgan fingerprint density at radius 2 is 0.762 bits per heavy atom. The Morgan fingerprint density at radius 1 is 0.406 bits per heavy atom. The Balaban J connectivity index is -0.000000620. The zero-order valence-electron chi connectivity index (χ0n) is 91.6. The maximum Gasteiger partial charge on any atom is 0.393 e. The molecule has 5 rings (SSSR count). The molecule has 3 heteroatoms. The summed E-state index contributed by atoms with van der Waals surface area (Å²) in [7, 11) is 0. The van der Waals surface area contributed by atoms with Gasteiger partial charge in [0.15, 0.2) is 0 Å². The van der Waals surface area contributed by atoms with Gasteiger partial charge in [-0.15, -0.1) is 0 Å². The van der Waals surface area contributed by atoms with Gasteiger partial charge < -0.3 is 0 Å². The third-order valence-corrected chi connectivity index (χ3v) is 17.1. The van der Waals surface area contributed by atoms with E-state index in [9.17, 15) is 13.2 Å². The number of rotatable bonds is 6. The number of alkyl halides is 3. The maximum absolute atomic E-state index is 12.6. The van der Waals surface area contributed by atoms with Gasteiger partial charge in [-0.2, -0.15) is 13.2 Å². The second kappa shape index (κ2) is 42.9. The summed E-state index contributed by atoms with van der Waals surface area (Å²) >= 11 is 0. The molecule has 0 bridgehead atoms. The monoisotopic (exact) mass is 1430 g/mol. The smallest absolute Gasteiger partial charge is 0.171 e. The lowest BCUT2D eigenvalue weighted by molar-refractivity contribution is -0.220. The molecule has 0 radical (unpaired) electrons. The first-order chi connectivity index (χ1) is 50.6. The second-order valence-corrected chi connectivity index (χ2v) is 42.4. The second-order valence-electron chi connectivity index (χ2n) is 42.4. The molecule has 101 heavy (non-hydrogen) atoms. The Labute approximate surface area is 658 Å². The van der Waals surface area contributed by atoms with Gasteiger partial charge >= 0.3 is 6.18 Å². The Kier molecular flexibility index (Phi) is 32.5. The molecule has 2 aliphatic carbocycles. The zero-order chi connectivity index (χ0) is 95.4. The van der Waals surface area contributed by atoms with Crippen molar-refractivity contribution in [2.24, 2.45) is 66.9 Å². The van der Waals surface area contributed by atoms with E-state index >= 15 is 0 Å². The summed E-state index contributed by atoms with van der Waals surface area (Å²) in [5, 5.41) is 0. The highest BCUT2D eigenvalue weighted by atomic mass is 19.4. The summed E-state index contributed by atoms with van der Waals surface area (Å²) in [6.45, 7) is 84.4. The van der Waals surface area contributed by atoms with Crippen LogP contribution < -0.4 is 0 Å². The molecule has 2 aliphatic rings. The Bertz CT molecular complexity index is 3190. The van der Waals surface area contributed by atoms with Crippen molar-refractivity contribution in [2.75, 3.05) is 0 Å². The summed E-state index contributed by atoms with van der Waals surface area (Å²) in [5.74, 6) is -1.37. The van der Waals surface area contributed by atoms with Crippen LogP contribution in [-0.4, -0.2) is 6.18 Å². The van der Waals surface area contributed by atoms with Crippen molar-refractivity contribution >= 4 is 0 Å². The molecular weight excluding hydrogens is 1230 g/mol. The summed E-state index contributed by atoms with van der Waals surface area (Å²) < 4.78 is 160. The van der Waals surface area contributed by atoms with Gasteiger partial charge in [0.05, 0.1) is 5.41 Å². The zero-order valence-corrected chi connectivity index (χ0v) is 75.6. The van der Waals surface area contributed by atoms with E-state index in [1.165, 1.54) is 95.9 Å². The van der Waals surface area contributed by atoms with Gasteiger partial charge in [-0.05, 0) is 196 Å². The highest BCUT2D eigenvalue weighted by Gasteiger charge is 2.48. The van der Waals surface area contributed by atoms with Gasteiger partial charge in [-0.3, -0.25) is 0 Å². The van der Waals surface area contributed by atoms with Crippen molar-refractivity contribution in [2.45, 2.75) is 454 Å². The van der Waals surface area contributed by atoms with E-state index in [1.54, 1.807) is 16.7 Å². The molecule has 0 aromatic heterocycles. The Morgan fingerprint density at radius 3 is 0.941 bits per heavy atom. The third kappa shape index (κ3) is 49.1. The summed E-state index contributed by atoms with van der Waals surface area (Å²) in [6, 6.07) is 21.9. The standard InChI is InChI=1S/C19H32.C17H28.C10H20.C10H14.C9H17F3.C9H18.C9H20.C8H18.C7H16/c1-12(2)15-10-16(13(3)4)18(19(7,8)9)17(11-15)14(5)6;1-12(2)13-10-9-11-14(16(3,4)5)15(13)17(6,7)8;2*1-10(2,3)9-7-5-4-6-8-9;1-7(2,3)6-8(4,5)9(10,11)12;1-9(2,3)8-6-4-5-7-8;1-8(2,3)7-9(4,5)6;1-7(2)6-8(3,4)5;1-6(2)7(3,4)5/h10-14H,1-9H3;9-12H,1-8H3;9H,4-8H2,1-3H3;4-8H,1-3H3;6H2,1-5H3;8H,4-7H2,1-3H3;7H2,1-6H3;7H,6H2,1-5H3;6H,1-5H3/i;12D;9D;;6D2;8D;7D2;6D2;1D3,2D3,6D. The van der Waals surface area contributed by atoms with Crippen LogP contribution in [0.2, 0.25) is 0 Å². The predicted molar refractivity (Wildman–Crippen MR) is 459 cm³/mol. The molecule has 0 N–H and O–H groups in total. The van der Waals surface area contributed by atoms with Crippen molar-refractivity contribution in [3.8, 4) is 0 Å². The molecule has 0 spiro atoms. The van der Waals surface area contributed by atoms with Crippen LogP contribution in [0.15, 0.2) is 60.7 Å². The van der Waals surface area contributed by atoms with Gasteiger partial charge in [0.2, 0.25) is 0 Å². The summed E-state index contributed by atoms with van der Waals surface area (Å²) in [4.78, 5) is 0. The lowest BCUT2D eigenvalue weighted by Crippen LogP contribution is -2.35. The van der Waals surface area contributed by atoms with Gasteiger partial charge in [0, 0.05) is 21.9 Å². The van der Waals surface area contributed by atoms with Gasteiger partial charge in [0.1, 0.15) is 0 Å². The molecule has 0 aliphatic heterocycles. The molecule has 3 aromatic carbocycles. The highest BCUT2D eigenvalue weighted by molar-refractivity contribution is 5.47. The number of benzene rings is 3. The van der Waals surface area contributed by atoms with E-state index in [0.29, 0.717) is 23.2 Å². The number of hydrogen-bond acceptors (Lipinski definition) is 0. The summed E-state index contributed by atoms with van der Waals surface area (Å²) in [5.41, 5.74) is 7.11. The largest absolute Gasteiger partial charge is 0.393 e. The van der Waals surface area contributed by atoms with Crippen LogP contribution in [-0.2, 0) is 21.7 Å². The molecular formula is C98H183F3. The molecule has 0 heterocycles. The van der Waals surface area contributed by atoms with Crippen molar-refractivity contribution in [1.82, 2.24) is 0 Å². The molecule has 0 saturated heterocycles. The minimum absolute atomic E-state index is 0.0670. The fourth-order valence-electron chi connectivity index (χ4n) is 12.4. The van der Waals surface area contributed by atoms with E-state index in [1.807, 2.05) is 90.0 Å². The van der Waals surface area contributed by atoms with Crippen molar-refractivity contribution in [1.29, 1.82) is 0 Å². The molecule has 0 amide bonds. The SMILES string of the molecule is CC(C)(C)c1ccccc1.CC(C)c1cc(C(C)C)c(C(C)(C)C)c(C(C)C)c1.[2H]C(C)(C)c1cccc(C(C)(C)C)c1C(C)(C)C.[2H]C([2H])(C(C)(C)C)C(C)(C)C.[2H]C([2H])(C(C)(C)C)C(C)(C)C(F)(F)F.[2H]C([2H])(C(C)C)C(C)(C)C.[2H]C([2H])([2H])C([2H])(C([2H])([2H])[2H])C(C)(C)C.[2H]C1(C(C)(C)C)CCCC1.[2H]C1(C(C)(C)C)CCCCC1. The maximum atomic E-state index is 12.6. The van der Waals surface area contributed by atoms with Crippen LogP contribution in [0.3, 0.4) is 0 Å². The van der Waals surface area contributed by atoms with E-state index in [-0.39, 0.29) is 61.0 Å². The first-order valence-corrected chi connectivity index (χ1v) is 39.1. The van der Waals surface area contributed by atoms with E-state index in [2.05, 4.69) is 227 Å².